The van der Waals surface area contributed by atoms with E-state index in [4.69, 9.17) is 0 Å². The molecule has 0 aromatic carbocycles. The lowest BCUT2D eigenvalue weighted by Crippen LogP contribution is -3.15. The predicted octanol–water partition coefficient (Wildman–Crippen LogP) is 1.12. The zero-order valence-electron chi connectivity index (χ0n) is 15.8. The molecule has 0 radical (unpaired) electrons. The molecule has 1 fully saturated rings. The number of ketones is 1. The number of piperazine rings is 1. The number of nitrogens with one attached hydrogen (secondary N) is 1. The Hall–Kier alpha value is -1.74. The van der Waals surface area contributed by atoms with Gasteiger partial charge in [-0.1, -0.05) is 12.1 Å². The number of hydrogen-bond donors (Lipinski definition) is 1. The minimum atomic E-state index is -3.40. The van der Waals surface area contributed by atoms with Crippen molar-refractivity contribution in [2.75, 3.05) is 32.7 Å². The minimum absolute atomic E-state index is 0.114. The van der Waals surface area contributed by atoms with Crippen LogP contribution in [-0.2, 0) is 16.6 Å². The highest BCUT2D eigenvalue weighted by atomic mass is 32.2. The van der Waals surface area contributed by atoms with Gasteiger partial charge in [0.1, 0.15) is 10.8 Å². The fourth-order valence-electron chi connectivity index (χ4n) is 3.57. The van der Waals surface area contributed by atoms with Crippen LogP contribution in [-0.4, -0.2) is 55.8 Å². The summed E-state index contributed by atoms with van der Waals surface area (Å²) in [6.07, 6.45) is 1.83. The molecule has 0 aliphatic carbocycles. The van der Waals surface area contributed by atoms with Crippen molar-refractivity contribution in [3.8, 4) is 0 Å². The topological polar surface area (TPSA) is 63.8 Å². The number of aryl methyl sites for hydroxylation is 1. The summed E-state index contributed by atoms with van der Waals surface area (Å²) in [7, 11) is -3.40. The van der Waals surface area contributed by atoms with Crippen LogP contribution in [0.25, 0.3) is 0 Å². The third-order valence-electron chi connectivity index (χ3n) is 5.12. The second-order valence-corrected chi connectivity index (χ2v) is 9.98. The van der Waals surface area contributed by atoms with Crippen molar-refractivity contribution >= 4 is 27.1 Å². The van der Waals surface area contributed by atoms with E-state index in [2.05, 4.69) is 11.1 Å². The molecule has 27 heavy (non-hydrogen) atoms. The van der Waals surface area contributed by atoms with Crippen LogP contribution in [0.1, 0.15) is 21.7 Å². The molecule has 0 atom stereocenters. The van der Waals surface area contributed by atoms with Crippen molar-refractivity contribution in [3.05, 3.63) is 53.2 Å². The first-order chi connectivity index (χ1) is 12.8. The number of rotatable bonds is 7. The predicted molar refractivity (Wildman–Crippen MR) is 107 cm³/mol. The van der Waals surface area contributed by atoms with Crippen LogP contribution < -0.4 is 4.90 Å². The van der Waals surface area contributed by atoms with Crippen LogP contribution in [0, 0.1) is 13.8 Å². The van der Waals surface area contributed by atoms with E-state index in [1.54, 1.807) is 17.5 Å². The van der Waals surface area contributed by atoms with Crippen molar-refractivity contribution in [1.82, 2.24) is 8.87 Å². The quantitative estimate of drug-likeness (QED) is 0.552. The Morgan fingerprint density at radius 3 is 2.63 bits per heavy atom. The Labute approximate surface area is 164 Å². The molecule has 1 saturated heterocycles. The number of quaternary nitrogens is 1. The minimum Gasteiger partial charge on any atom is -0.345 e. The summed E-state index contributed by atoms with van der Waals surface area (Å²) >= 11 is 1.24. The second-order valence-electron chi connectivity index (χ2n) is 6.87. The molecule has 3 rings (SSSR count). The fraction of sp³-hybridized carbons (Fsp3) is 0.421. The number of hydrogen-bond acceptors (Lipinski definition) is 4. The van der Waals surface area contributed by atoms with Gasteiger partial charge in [0.15, 0.2) is 0 Å². The SMILES string of the molecule is C=CCn1c(C)cc(C(=O)C[NH+]2CCN(S(=O)(=O)c3cccs3)CC2)c1C. The van der Waals surface area contributed by atoms with Crippen molar-refractivity contribution in [2.45, 2.75) is 24.6 Å². The summed E-state index contributed by atoms with van der Waals surface area (Å²) in [5.74, 6) is 0.114. The van der Waals surface area contributed by atoms with Gasteiger partial charge in [0, 0.05) is 23.5 Å². The maximum absolute atomic E-state index is 12.8. The summed E-state index contributed by atoms with van der Waals surface area (Å²) < 4.78 is 29.2. The normalized spacial score (nSPS) is 16.5. The van der Waals surface area contributed by atoms with Crippen molar-refractivity contribution in [1.29, 1.82) is 0 Å². The molecule has 0 saturated carbocycles. The number of carbonyl (C=O) groups is 1. The van der Waals surface area contributed by atoms with Crippen LogP contribution in [0.4, 0.5) is 0 Å². The molecule has 2 aromatic rings. The summed E-state index contributed by atoms with van der Waals surface area (Å²) in [5, 5.41) is 1.77. The number of aromatic nitrogens is 1. The fourth-order valence-corrected chi connectivity index (χ4v) is 6.16. The molecule has 1 N–H and O–H groups in total. The molecule has 0 amide bonds. The number of allylic oxidation sites excluding steroid dienone is 1. The molecule has 6 nitrogen and oxygen atoms in total. The van der Waals surface area contributed by atoms with E-state index in [0.29, 0.717) is 43.5 Å². The van der Waals surface area contributed by atoms with Crippen LogP contribution in [0.5, 0.6) is 0 Å². The standard InChI is InChI=1S/C19H25N3O3S2/c1-4-7-22-15(2)13-17(16(22)3)18(23)14-20-8-10-21(11-9-20)27(24,25)19-6-5-12-26-19/h4-6,12-13H,1,7-11,14H2,2-3H3/p+1. The lowest BCUT2D eigenvalue weighted by atomic mass is 10.1. The van der Waals surface area contributed by atoms with E-state index in [1.165, 1.54) is 15.6 Å². The molecule has 0 bridgehead atoms. The highest BCUT2D eigenvalue weighted by Crippen LogP contribution is 2.20. The van der Waals surface area contributed by atoms with E-state index in [-0.39, 0.29) is 5.78 Å². The van der Waals surface area contributed by atoms with Gasteiger partial charge in [-0.05, 0) is 31.4 Å². The molecule has 0 spiro atoms. The number of thiophene rings is 1. The number of carbonyl (C=O) groups excluding carboxylic acids is 1. The average molecular weight is 409 g/mol. The van der Waals surface area contributed by atoms with Gasteiger partial charge in [-0.15, -0.1) is 17.9 Å². The Morgan fingerprint density at radius 2 is 2.04 bits per heavy atom. The molecule has 8 heteroatoms. The number of sulfonamides is 1. The number of Topliss-reactive ketones (excluding diaryl/α,β-unsaturated/α-hetero) is 1. The van der Waals surface area contributed by atoms with E-state index in [9.17, 15) is 13.2 Å². The molecule has 1 aliphatic heterocycles. The average Bonchev–Trinajstić information content (AvgIpc) is 3.27. The highest BCUT2D eigenvalue weighted by Gasteiger charge is 2.32. The molecule has 1 aliphatic rings. The van der Waals surface area contributed by atoms with Gasteiger partial charge in [-0.3, -0.25) is 4.79 Å². The zero-order chi connectivity index (χ0) is 19.6. The summed E-state index contributed by atoms with van der Waals surface area (Å²) in [4.78, 5) is 13.9. The third-order valence-corrected chi connectivity index (χ3v) is 8.39. The molecule has 0 unspecified atom stereocenters. The molecule has 2 aromatic heterocycles. The summed E-state index contributed by atoms with van der Waals surface area (Å²) in [6, 6.07) is 5.33. The Bertz CT molecular complexity index is 922. The van der Waals surface area contributed by atoms with Gasteiger partial charge < -0.3 is 9.47 Å². The van der Waals surface area contributed by atoms with Gasteiger partial charge in [0.2, 0.25) is 5.78 Å². The van der Waals surface area contributed by atoms with Gasteiger partial charge in [-0.2, -0.15) is 4.31 Å². The van der Waals surface area contributed by atoms with Gasteiger partial charge in [0.25, 0.3) is 10.0 Å². The Kier molecular flexibility index (Phi) is 6.00. The maximum Gasteiger partial charge on any atom is 0.252 e. The van der Waals surface area contributed by atoms with Crippen molar-refractivity contribution in [3.63, 3.8) is 0 Å². The Morgan fingerprint density at radius 1 is 1.33 bits per heavy atom. The molecule has 146 valence electrons. The maximum atomic E-state index is 12.8. The van der Waals surface area contributed by atoms with E-state index in [1.807, 2.05) is 26.0 Å². The van der Waals surface area contributed by atoms with Gasteiger partial charge in [-0.25, -0.2) is 8.42 Å². The van der Waals surface area contributed by atoms with E-state index < -0.39 is 10.0 Å². The van der Waals surface area contributed by atoms with Crippen molar-refractivity contribution < 1.29 is 18.1 Å². The lowest BCUT2D eigenvalue weighted by molar-refractivity contribution is -0.895. The number of nitrogens with zero attached hydrogens (tertiary/aromatic N) is 2. The largest absolute Gasteiger partial charge is 0.345 e. The Balaban J connectivity index is 1.62. The summed E-state index contributed by atoms with van der Waals surface area (Å²) in [6.45, 7) is 11.0. The first-order valence-corrected chi connectivity index (χ1v) is 11.3. The van der Waals surface area contributed by atoms with Gasteiger partial charge in [0.05, 0.1) is 26.2 Å². The lowest BCUT2D eigenvalue weighted by Gasteiger charge is -2.30. The van der Waals surface area contributed by atoms with Crippen molar-refractivity contribution in [2.24, 2.45) is 0 Å². The van der Waals surface area contributed by atoms with Crippen LogP contribution >= 0.6 is 11.3 Å². The first kappa shape index (κ1) is 20.0. The molecular weight excluding hydrogens is 382 g/mol. The van der Waals surface area contributed by atoms with Crippen LogP contribution in [0.3, 0.4) is 0 Å². The van der Waals surface area contributed by atoms with Gasteiger partial charge >= 0.3 is 0 Å². The zero-order valence-corrected chi connectivity index (χ0v) is 17.4. The van der Waals surface area contributed by atoms with Crippen LogP contribution in [0.2, 0.25) is 0 Å². The second kappa shape index (κ2) is 8.10. The summed E-state index contributed by atoms with van der Waals surface area (Å²) in [5.41, 5.74) is 2.78. The van der Waals surface area contributed by atoms with E-state index in [0.717, 1.165) is 21.9 Å². The van der Waals surface area contributed by atoms with Crippen LogP contribution in [0.15, 0.2) is 40.4 Å². The highest BCUT2D eigenvalue weighted by molar-refractivity contribution is 7.91. The molecular formula is C19H26N3O3S2+. The van der Waals surface area contributed by atoms with E-state index >= 15 is 0 Å². The molecule has 3 heterocycles. The smallest absolute Gasteiger partial charge is 0.252 e. The monoisotopic (exact) mass is 408 g/mol. The first-order valence-electron chi connectivity index (χ1n) is 9.02. The third kappa shape index (κ3) is 4.08.